The summed E-state index contributed by atoms with van der Waals surface area (Å²) in [6.45, 7) is 0. The molecule has 5 heteroatoms. The molecule has 0 aliphatic heterocycles. The van der Waals surface area contributed by atoms with Crippen molar-refractivity contribution in [2.45, 2.75) is 6.42 Å². The van der Waals surface area contributed by atoms with Crippen LogP contribution >= 0.6 is 15.9 Å². The van der Waals surface area contributed by atoms with Gasteiger partial charge in [-0.05, 0) is 22.0 Å². The van der Waals surface area contributed by atoms with Crippen LogP contribution in [0.3, 0.4) is 0 Å². The molecule has 0 unspecified atom stereocenters. The SMILES string of the molecule is O=C(O)Cc1ccnc(Br)c1O. The second kappa shape index (κ2) is 3.53. The molecule has 2 N–H and O–H groups in total. The summed E-state index contributed by atoms with van der Waals surface area (Å²) in [6.07, 6.45) is 1.23. The molecule has 0 radical (unpaired) electrons. The van der Waals surface area contributed by atoms with E-state index >= 15 is 0 Å². The lowest BCUT2D eigenvalue weighted by Gasteiger charge is -2.01. The molecule has 1 heterocycles. The highest BCUT2D eigenvalue weighted by molar-refractivity contribution is 9.10. The number of aromatic nitrogens is 1. The van der Waals surface area contributed by atoms with E-state index in [0.717, 1.165) is 0 Å². The van der Waals surface area contributed by atoms with Gasteiger partial charge in [-0.25, -0.2) is 4.98 Å². The summed E-state index contributed by atoms with van der Waals surface area (Å²) >= 11 is 2.98. The molecule has 1 aromatic heterocycles. The Labute approximate surface area is 77.0 Å². The van der Waals surface area contributed by atoms with Crippen molar-refractivity contribution in [1.82, 2.24) is 4.98 Å². The first kappa shape index (κ1) is 8.99. The minimum atomic E-state index is -0.983. The fraction of sp³-hybridized carbons (Fsp3) is 0.143. The lowest BCUT2D eigenvalue weighted by Crippen LogP contribution is -2.00. The third-order valence-corrected chi connectivity index (χ3v) is 1.89. The monoisotopic (exact) mass is 231 g/mol. The highest BCUT2D eigenvalue weighted by atomic mass is 79.9. The number of aromatic hydroxyl groups is 1. The van der Waals surface area contributed by atoms with Crippen LogP contribution < -0.4 is 0 Å². The van der Waals surface area contributed by atoms with Gasteiger partial charge in [0.15, 0.2) is 5.75 Å². The van der Waals surface area contributed by atoms with Crippen molar-refractivity contribution < 1.29 is 15.0 Å². The smallest absolute Gasteiger partial charge is 0.307 e. The number of rotatable bonds is 2. The third kappa shape index (κ3) is 1.94. The molecule has 0 saturated heterocycles. The maximum absolute atomic E-state index is 10.3. The standard InChI is InChI=1S/C7H6BrNO3/c8-7-6(12)4(1-2-9-7)3-5(10)11/h1-2,12H,3H2,(H,10,11). The molecule has 0 aliphatic rings. The molecule has 0 bridgehead atoms. The van der Waals surface area contributed by atoms with Gasteiger partial charge in [-0.2, -0.15) is 0 Å². The number of carbonyl (C=O) groups is 1. The second-order valence-electron chi connectivity index (χ2n) is 2.18. The van der Waals surface area contributed by atoms with E-state index in [1.54, 1.807) is 0 Å². The molecule has 0 saturated carbocycles. The quantitative estimate of drug-likeness (QED) is 0.751. The number of hydrogen-bond acceptors (Lipinski definition) is 3. The molecule has 1 aromatic rings. The summed E-state index contributed by atoms with van der Waals surface area (Å²) in [7, 11) is 0. The third-order valence-electron chi connectivity index (χ3n) is 1.30. The number of carboxylic acid groups (broad SMARTS) is 1. The zero-order valence-electron chi connectivity index (χ0n) is 5.99. The largest absolute Gasteiger partial charge is 0.505 e. The molecule has 0 amide bonds. The Balaban J connectivity index is 3.00. The predicted octanol–water partition coefficient (Wildman–Crippen LogP) is 1.18. The highest BCUT2D eigenvalue weighted by Gasteiger charge is 2.08. The van der Waals surface area contributed by atoms with Crippen molar-refractivity contribution >= 4 is 21.9 Å². The maximum Gasteiger partial charge on any atom is 0.307 e. The van der Waals surface area contributed by atoms with Gasteiger partial charge in [0.2, 0.25) is 0 Å². The summed E-state index contributed by atoms with van der Waals surface area (Å²) in [5, 5.41) is 17.7. The Bertz CT molecular complexity index is 314. The van der Waals surface area contributed by atoms with Crippen LogP contribution in [0.15, 0.2) is 16.9 Å². The molecule has 0 spiro atoms. The number of pyridine rings is 1. The Hall–Kier alpha value is -1.10. The van der Waals surface area contributed by atoms with Crippen LogP contribution in [0.25, 0.3) is 0 Å². The van der Waals surface area contributed by atoms with Gasteiger partial charge < -0.3 is 10.2 Å². The Morgan fingerprint density at radius 1 is 1.67 bits per heavy atom. The second-order valence-corrected chi connectivity index (χ2v) is 2.93. The van der Waals surface area contributed by atoms with E-state index in [1.165, 1.54) is 12.3 Å². The van der Waals surface area contributed by atoms with Crippen molar-refractivity contribution in [3.05, 3.63) is 22.4 Å². The van der Waals surface area contributed by atoms with Crippen LogP contribution in [-0.2, 0) is 11.2 Å². The zero-order chi connectivity index (χ0) is 9.14. The van der Waals surface area contributed by atoms with Crippen LogP contribution in [0.4, 0.5) is 0 Å². The van der Waals surface area contributed by atoms with Gasteiger partial charge in [0.25, 0.3) is 0 Å². The average molecular weight is 232 g/mol. The van der Waals surface area contributed by atoms with Crippen molar-refractivity contribution in [2.24, 2.45) is 0 Å². The van der Waals surface area contributed by atoms with Crippen LogP contribution in [0.1, 0.15) is 5.56 Å². The lowest BCUT2D eigenvalue weighted by molar-refractivity contribution is -0.136. The molecule has 0 aromatic carbocycles. The summed E-state index contributed by atoms with van der Waals surface area (Å²) in [5.74, 6) is -1.09. The normalized spacial score (nSPS) is 9.75. The van der Waals surface area contributed by atoms with E-state index < -0.39 is 5.97 Å². The van der Waals surface area contributed by atoms with E-state index in [4.69, 9.17) is 5.11 Å². The molecule has 64 valence electrons. The fourth-order valence-corrected chi connectivity index (χ4v) is 1.14. The van der Waals surface area contributed by atoms with Gasteiger partial charge in [0, 0.05) is 11.8 Å². The highest BCUT2D eigenvalue weighted by Crippen LogP contribution is 2.25. The molecule has 0 atom stereocenters. The number of halogens is 1. The Morgan fingerprint density at radius 2 is 2.33 bits per heavy atom. The first-order valence-corrected chi connectivity index (χ1v) is 3.94. The van der Waals surface area contributed by atoms with Crippen molar-refractivity contribution in [3.63, 3.8) is 0 Å². The average Bonchev–Trinajstić information content (AvgIpc) is 1.98. The first-order chi connectivity index (χ1) is 5.61. The number of hydrogen-bond donors (Lipinski definition) is 2. The zero-order valence-corrected chi connectivity index (χ0v) is 7.58. The van der Waals surface area contributed by atoms with Crippen molar-refractivity contribution in [1.29, 1.82) is 0 Å². The predicted molar refractivity (Wildman–Crippen MR) is 44.9 cm³/mol. The summed E-state index contributed by atoms with van der Waals surface area (Å²) in [6, 6.07) is 1.47. The maximum atomic E-state index is 10.3. The Morgan fingerprint density at radius 3 is 2.92 bits per heavy atom. The number of carboxylic acids is 1. The van der Waals surface area contributed by atoms with Gasteiger partial charge in [0.1, 0.15) is 4.60 Å². The van der Waals surface area contributed by atoms with Crippen molar-refractivity contribution in [3.8, 4) is 5.75 Å². The molecule has 12 heavy (non-hydrogen) atoms. The van der Waals surface area contributed by atoms with E-state index in [1.807, 2.05) is 0 Å². The fourth-order valence-electron chi connectivity index (χ4n) is 0.771. The summed E-state index contributed by atoms with van der Waals surface area (Å²) < 4.78 is 0.265. The molecule has 4 nitrogen and oxygen atoms in total. The summed E-state index contributed by atoms with van der Waals surface area (Å²) in [5.41, 5.74) is 0.351. The van der Waals surface area contributed by atoms with E-state index in [0.29, 0.717) is 5.56 Å². The van der Waals surface area contributed by atoms with Gasteiger partial charge in [-0.15, -0.1) is 0 Å². The minimum absolute atomic E-state index is 0.111. The molecule has 1 rings (SSSR count). The van der Waals surface area contributed by atoms with Crippen LogP contribution in [0.2, 0.25) is 0 Å². The molecule has 0 fully saturated rings. The number of nitrogens with zero attached hydrogens (tertiary/aromatic N) is 1. The molecular weight excluding hydrogens is 226 g/mol. The van der Waals surface area contributed by atoms with E-state index in [-0.39, 0.29) is 16.8 Å². The Kier molecular flexibility index (Phi) is 2.65. The van der Waals surface area contributed by atoms with Crippen LogP contribution in [0.5, 0.6) is 5.75 Å². The van der Waals surface area contributed by atoms with E-state index in [2.05, 4.69) is 20.9 Å². The van der Waals surface area contributed by atoms with Gasteiger partial charge in [-0.1, -0.05) is 0 Å². The van der Waals surface area contributed by atoms with E-state index in [9.17, 15) is 9.90 Å². The summed E-state index contributed by atoms with van der Waals surface area (Å²) in [4.78, 5) is 14.0. The van der Waals surface area contributed by atoms with Gasteiger partial charge >= 0.3 is 5.97 Å². The van der Waals surface area contributed by atoms with Crippen molar-refractivity contribution in [2.75, 3.05) is 0 Å². The molecular formula is C7H6BrNO3. The molecule has 0 aliphatic carbocycles. The van der Waals surface area contributed by atoms with Gasteiger partial charge in [-0.3, -0.25) is 4.79 Å². The first-order valence-electron chi connectivity index (χ1n) is 3.15. The van der Waals surface area contributed by atoms with Crippen LogP contribution in [-0.4, -0.2) is 21.2 Å². The van der Waals surface area contributed by atoms with Gasteiger partial charge in [0.05, 0.1) is 6.42 Å². The topological polar surface area (TPSA) is 70.4 Å². The lowest BCUT2D eigenvalue weighted by atomic mass is 10.2. The number of aliphatic carboxylic acids is 1. The van der Waals surface area contributed by atoms with Crippen LogP contribution in [0, 0.1) is 0 Å². The minimum Gasteiger partial charge on any atom is -0.505 e.